The van der Waals surface area contributed by atoms with E-state index in [1.165, 1.54) is 23.1 Å². The molecule has 2 N–H and O–H groups in total. The summed E-state index contributed by atoms with van der Waals surface area (Å²) < 4.78 is 7.43. The first-order chi connectivity index (χ1) is 17.2. The van der Waals surface area contributed by atoms with Crippen molar-refractivity contribution in [2.45, 2.75) is 64.4 Å². The Bertz CT molecular complexity index is 1160. The fourth-order valence-electron chi connectivity index (χ4n) is 3.80. The number of fused-ring (bicyclic) bond motifs is 4. The number of thiazole rings is 1. The smallest absolute Gasteiger partial charge is 0.329 e. The van der Waals surface area contributed by atoms with Gasteiger partial charge in [-0.05, 0) is 25.0 Å². The van der Waals surface area contributed by atoms with Crippen molar-refractivity contribution in [1.82, 2.24) is 30.6 Å². The van der Waals surface area contributed by atoms with Gasteiger partial charge in [0.25, 0.3) is 0 Å². The van der Waals surface area contributed by atoms with Crippen LogP contribution in [-0.2, 0) is 38.6 Å². The van der Waals surface area contributed by atoms with Gasteiger partial charge in [-0.2, -0.15) is 12.6 Å². The first-order valence-corrected chi connectivity index (χ1v) is 14.1. The molecule has 0 aromatic carbocycles. The number of rotatable bonds is 5. The first-order valence-electron chi connectivity index (χ1n) is 11.6. The van der Waals surface area contributed by atoms with Crippen molar-refractivity contribution in [3.05, 3.63) is 28.0 Å². The van der Waals surface area contributed by atoms with Gasteiger partial charge in [-0.15, -0.1) is 28.2 Å². The molecule has 1 unspecified atom stereocenters. The van der Waals surface area contributed by atoms with Gasteiger partial charge in [-0.25, -0.2) is 14.5 Å². The van der Waals surface area contributed by atoms with E-state index < -0.39 is 23.7 Å². The van der Waals surface area contributed by atoms with Crippen LogP contribution in [-0.4, -0.2) is 72.0 Å². The largest absolute Gasteiger partial charge is 0.458 e. The van der Waals surface area contributed by atoms with Crippen LogP contribution >= 0.6 is 35.7 Å². The quantitative estimate of drug-likeness (QED) is 0.372. The van der Waals surface area contributed by atoms with Gasteiger partial charge >= 0.3 is 5.97 Å². The van der Waals surface area contributed by atoms with Crippen molar-refractivity contribution in [1.29, 1.82) is 0 Å². The summed E-state index contributed by atoms with van der Waals surface area (Å²) in [4.78, 5) is 48.6. The van der Waals surface area contributed by atoms with E-state index >= 15 is 0 Å². The molecule has 0 saturated carbocycles. The number of cyclic esters (lactones) is 1. The zero-order valence-electron chi connectivity index (χ0n) is 20.3. The number of thiol groups is 1. The predicted molar refractivity (Wildman–Crippen MR) is 140 cm³/mol. The second-order valence-electron chi connectivity index (χ2n) is 9.22. The van der Waals surface area contributed by atoms with Gasteiger partial charge in [0.1, 0.15) is 33.4 Å². The Balaban J connectivity index is 1.63. The van der Waals surface area contributed by atoms with Crippen LogP contribution in [0.15, 0.2) is 16.6 Å². The number of carbonyl (C=O) groups is 3. The average Bonchev–Trinajstić information content (AvgIpc) is 3.56. The van der Waals surface area contributed by atoms with Gasteiger partial charge in [-0.1, -0.05) is 19.1 Å². The standard InChI is InChI=1S/C22H29N7O4S3/c1-12(2)18-20(31)33-14(9-29-13(4-5-34)7-24-28-29)6-16(30)23-8-17-25-15(10-35-17)19-27-22(3,11-36-19)21(32)26-18/h7,10,12,14,18,34H,4-6,8-9,11H2,1-3H3,(H,23,30)(H,26,32)/t14-,18?,22-/m0/s1. The minimum atomic E-state index is -1.04. The molecule has 0 fully saturated rings. The molecule has 2 aromatic heterocycles. The fraction of sp³-hybridized carbons (Fsp3) is 0.591. The summed E-state index contributed by atoms with van der Waals surface area (Å²) in [5, 5.41) is 17.0. The minimum absolute atomic E-state index is 0.0802. The van der Waals surface area contributed by atoms with Crippen LogP contribution in [0.5, 0.6) is 0 Å². The van der Waals surface area contributed by atoms with E-state index in [1.54, 1.807) is 17.8 Å². The Morgan fingerprint density at radius 3 is 2.89 bits per heavy atom. The van der Waals surface area contributed by atoms with Crippen molar-refractivity contribution in [3.8, 4) is 0 Å². The van der Waals surface area contributed by atoms with Crippen LogP contribution in [0.3, 0.4) is 0 Å². The van der Waals surface area contributed by atoms with Crippen LogP contribution in [0, 0.1) is 5.92 Å². The third-order valence-electron chi connectivity index (χ3n) is 5.88. The lowest BCUT2D eigenvalue weighted by Crippen LogP contribution is -2.53. The van der Waals surface area contributed by atoms with E-state index in [-0.39, 0.29) is 37.2 Å². The maximum Gasteiger partial charge on any atom is 0.329 e. The molecule has 2 aliphatic rings. The van der Waals surface area contributed by atoms with Gasteiger partial charge in [0.15, 0.2) is 0 Å². The molecule has 4 rings (SSSR count). The highest BCUT2D eigenvalue weighted by molar-refractivity contribution is 8.14. The number of esters is 1. The third kappa shape index (κ3) is 6.09. The van der Waals surface area contributed by atoms with Crippen LogP contribution in [0.25, 0.3) is 0 Å². The van der Waals surface area contributed by atoms with Crippen molar-refractivity contribution >= 4 is 58.6 Å². The Morgan fingerprint density at radius 1 is 1.33 bits per heavy atom. The molecule has 4 heterocycles. The van der Waals surface area contributed by atoms with Gasteiger partial charge in [0, 0.05) is 11.1 Å². The van der Waals surface area contributed by atoms with Gasteiger partial charge in [0.05, 0.1) is 31.4 Å². The number of nitrogens with one attached hydrogen (secondary N) is 2. The molecule has 4 bridgehead atoms. The normalized spacial score (nSPS) is 25.4. The lowest BCUT2D eigenvalue weighted by Gasteiger charge is -2.27. The van der Waals surface area contributed by atoms with Crippen molar-refractivity contribution in [3.63, 3.8) is 0 Å². The van der Waals surface area contributed by atoms with Gasteiger partial charge in [-0.3, -0.25) is 14.6 Å². The van der Waals surface area contributed by atoms with Crippen LogP contribution in [0.1, 0.15) is 43.6 Å². The van der Waals surface area contributed by atoms with Crippen LogP contribution in [0.2, 0.25) is 0 Å². The minimum Gasteiger partial charge on any atom is -0.458 e. The molecular weight excluding hydrogens is 522 g/mol. The molecule has 3 atom stereocenters. The summed E-state index contributed by atoms with van der Waals surface area (Å²) in [5.41, 5.74) is 0.459. The molecule has 11 nitrogen and oxygen atoms in total. The maximum atomic E-state index is 13.3. The summed E-state index contributed by atoms with van der Waals surface area (Å²) >= 11 is 7.12. The van der Waals surface area contributed by atoms with Gasteiger partial charge < -0.3 is 15.4 Å². The number of aryl methyl sites for hydroxylation is 1. The number of amides is 2. The predicted octanol–water partition coefficient (Wildman–Crippen LogP) is 1.23. The van der Waals surface area contributed by atoms with E-state index in [0.29, 0.717) is 33.7 Å². The monoisotopic (exact) mass is 551 g/mol. The SMILES string of the molecule is CC(C)C1NC(=O)[C@]2(C)CSC(=N2)c2csc(n2)CNC(=O)C[C@@H](Cn2nncc2CCS)OC1=O. The first kappa shape index (κ1) is 26.6. The number of nitrogens with zero attached hydrogens (tertiary/aromatic N) is 5. The number of carbonyl (C=O) groups excluding carboxylic acids is 3. The Kier molecular flexibility index (Phi) is 8.35. The Hall–Kier alpha value is -2.45. The zero-order chi connectivity index (χ0) is 25.9. The van der Waals surface area contributed by atoms with Crippen LogP contribution < -0.4 is 10.6 Å². The van der Waals surface area contributed by atoms with E-state index in [2.05, 4.69) is 43.6 Å². The second-order valence-corrected chi connectivity index (χ2v) is 11.6. The highest BCUT2D eigenvalue weighted by atomic mass is 32.2. The van der Waals surface area contributed by atoms with E-state index in [0.717, 1.165) is 5.69 Å². The molecule has 194 valence electrons. The van der Waals surface area contributed by atoms with Crippen LogP contribution in [0.4, 0.5) is 0 Å². The molecule has 0 aliphatic carbocycles. The van der Waals surface area contributed by atoms with E-state index in [1.807, 2.05) is 19.2 Å². The summed E-state index contributed by atoms with van der Waals surface area (Å²) in [6.07, 6.45) is 1.35. The summed E-state index contributed by atoms with van der Waals surface area (Å²) in [5.74, 6) is -0.483. The molecular formula is C22H29N7O4S3. The number of hydrogen-bond donors (Lipinski definition) is 3. The van der Waals surface area contributed by atoms with E-state index in [9.17, 15) is 14.4 Å². The summed E-state index contributed by atoms with van der Waals surface area (Å²) in [6.45, 7) is 5.78. The number of ether oxygens (including phenoxy) is 1. The third-order valence-corrected chi connectivity index (χ3v) is 8.23. The lowest BCUT2D eigenvalue weighted by molar-refractivity contribution is -0.156. The number of aliphatic imine (C=N–C) groups is 1. The maximum absolute atomic E-state index is 13.3. The Morgan fingerprint density at radius 2 is 2.14 bits per heavy atom. The highest BCUT2D eigenvalue weighted by Crippen LogP contribution is 2.32. The van der Waals surface area contributed by atoms with Crippen molar-refractivity contribution < 1.29 is 19.1 Å². The molecule has 2 amide bonds. The molecule has 14 heteroatoms. The topological polar surface area (TPSA) is 140 Å². The summed E-state index contributed by atoms with van der Waals surface area (Å²) in [6, 6.07) is -0.907. The summed E-state index contributed by atoms with van der Waals surface area (Å²) in [7, 11) is 0. The molecule has 0 saturated heterocycles. The molecule has 2 aromatic rings. The fourth-order valence-corrected chi connectivity index (χ4v) is 5.95. The zero-order valence-corrected chi connectivity index (χ0v) is 22.8. The van der Waals surface area contributed by atoms with Gasteiger partial charge in [0.2, 0.25) is 11.8 Å². The molecule has 36 heavy (non-hydrogen) atoms. The lowest BCUT2D eigenvalue weighted by atomic mass is 10.0. The Labute approximate surface area is 222 Å². The van der Waals surface area contributed by atoms with E-state index in [4.69, 9.17) is 4.74 Å². The molecule has 2 aliphatic heterocycles. The number of aromatic nitrogens is 4. The van der Waals surface area contributed by atoms with Crippen molar-refractivity contribution in [2.24, 2.45) is 10.9 Å². The molecule has 0 spiro atoms. The average molecular weight is 552 g/mol. The molecule has 0 radical (unpaired) electrons. The number of hydrogen-bond acceptors (Lipinski definition) is 11. The van der Waals surface area contributed by atoms with Crippen molar-refractivity contribution in [2.75, 3.05) is 11.5 Å². The highest BCUT2D eigenvalue weighted by Gasteiger charge is 2.42. The second kappa shape index (κ2) is 11.3. The number of thioether (sulfide) groups is 1.